The number of rotatable bonds is 4. The Balaban J connectivity index is 1.96. The number of benzene rings is 1. The number of hydrogen-bond acceptors (Lipinski definition) is 4. The summed E-state index contributed by atoms with van der Waals surface area (Å²) in [6.07, 6.45) is 1.28. The summed E-state index contributed by atoms with van der Waals surface area (Å²) >= 11 is 6.38. The van der Waals surface area contributed by atoms with Gasteiger partial charge >= 0.3 is 7.12 Å². The lowest BCUT2D eigenvalue weighted by atomic mass is 9.82. The summed E-state index contributed by atoms with van der Waals surface area (Å²) in [6.45, 7) is 9.27. The first-order chi connectivity index (χ1) is 12.6. The summed E-state index contributed by atoms with van der Waals surface area (Å²) in [5.74, 6) is 0. The van der Waals surface area contributed by atoms with E-state index in [0.717, 1.165) is 19.4 Å². The van der Waals surface area contributed by atoms with E-state index in [4.69, 9.17) is 20.9 Å². The molecule has 2 aliphatic heterocycles. The Kier molecular flexibility index (Phi) is 6.04. The van der Waals surface area contributed by atoms with Gasteiger partial charge < -0.3 is 14.4 Å². The molecular formula is C20H28BClFNO3. The van der Waals surface area contributed by atoms with Gasteiger partial charge in [-0.15, -0.1) is 0 Å². The average Bonchev–Trinajstić information content (AvgIpc) is 2.81. The Morgan fingerprint density at radius 2 is 1.89 bits per heavy atom. The van der Waals surface area contributed by atoms with Crippen molar-refractivity contribution in [1.82, 2.24) is 4.90 Å². The van der Waals surface area contributed by atoms with Gasteiger partial charge in [0.05, 0.1) is 17.3 Å². The van der Waals surface area contributed by atoms with Gasteiger partial charge in [-0.1, -0.05) is 29.8 Å². The van der Waals surface area contributed by atoms with Crippen LogP contribution in [-0.2, 0) is 9.31 Å². The number of nitrogens with zero attached hydrogens (tertiary/aromatic N) is 1. The second-order valence-corrected chi connectivity index (χ2v) is 8.83. The first kappa shape index (κ1) is 20.8. The maximum Gasteiger partial charge on any atom is 0.525 e. The fourth-order valence-electron chi connectivity index (χ4n) is 3.48. The Morgan fingerprint density at radius 1 is 1.26 bits per heavy atom. The molecule has 2 fully saturated rings. The molecule has 0 amide bonds. The standard InChI is InChI=1S/C20H28BClFNO3/c1-19(2)20(3,4)27-21(26-19)18(23)16(15-9-5-6-10-17(15)22)13-24-11-7-8-14(25)12-24/h5-6,9-10,14,25H,7-8,11-13H2,1-4H3. The van der Waals surface area contributed by atoms with Crippen LogP contribution in [0.5, 0.6) is 0 Å². The Morgan fingerprint density at radius 3 is 2.48 bits per heavy atom. The van der Waals surface area contributed by atoms with Crippen molar-refractivity contribution in [2.45, 2.75) is 57.8 Å². The number of aliphatic hydroxyl groups excluding tert-OH is 1. The van der Waals surface area contributed by atoms with Crippen molar-refractivity contribution in [3.05, 3.63) is 40.6 Å². The molecule has 1 N–H and O–H groups in total. The molecule has 1 aromatic carbocycles. The van der Waals surface area contributed by atoms with Gasteiger partial charge in [0.15, 0.2) is 0 Å². The van der Waals surface area contributed by atoms with E-state index in [0.29, 0.717) is 29.2 Å². The lowest BCUT2D eigenvalue weighted by molar-refractivity contribution is 0.00578. The molecule has 7 heteroatoms. The number of hydrogen-bond donors (Lipinski definition) is 1. The van der Waals surface area contributed by atoms with Gasteiger partial charge in [0, 0.05) is 23.7 Å². The topological polar surface area (TPSA) is 41.9 Å². The monoisotopic (exact) mass is 395 g/mol. The molecule has 4 nitrogen and oxygen atoms in total. The van der Waals surface area contributed by atoms with Crippen molar-refractivity contribution in [2.75, 3.05) is 19.6 Å². The van der Waals surface area contributed by atoms with Gasteiger partial charge in [0.25, 0.3) is 0 Å². The zero-order valence-corrected chi connectivity index (χ0v) is 17.2. The third kappa shape index (κ3) is 4.41. The molecule has 0 aliphatic carbocycles. The summed E-state index contributed by atoms with van der Waals surface area (Å²) in [5.41, 5.74) is -0.620. The van der Waals surface area contributed by atoms with E-state index in [1.54, 1.807) is 6.07 Å². The van der Waals surface area contributed by atoms with Crippen LogP contribution in [-0.4, -0.2) is 54.1 Å². The second-order valence-electron chi connectivity index (χ2n) is 8.43. The largest absolute Gasteiger partial charge is 0.525 e. The zero-order chi connectivity index (χ0) is 19.8. The fourth-order valence-corrected chi connectivity index (χ4v) is 3.73. The van der Waals surface area contributed by atoms with Crippen LogP contribution in [0.25, 0.3) is 5.57 Å². The van der Waals surface area contributed by atoms with E-state index in [9.17, 15) is 5.11 Å². The summed E-state index contributed by atoms with van der Waals surface area (Å²) in [5, 5.41) is 10.5. The van der Waals surface area contributed by atoms with Crippen LogP contribution < -0.4 is 0 Å². The van der Waals surface area contributed by atoms with Crippen molar-refractivity contribution in [3.8, 4) is 0 Å². The van der Waals surface area contributed by atoms with Crippen molar-refractivity contribution in [2.24, 2.45) is 0 Å². The molecule has 1 unspecified atom stereocenters. The van der Waals surface area contributed by atoms with E-state index < -0.39 is 24.0 Å². The lowest BCUT2D eigenvalue weighted by Crippen LogP contribution is -2.41. The molecule has 0 saturated carbocycles. The summed E-state index contributed by atoms with van der Waals surface area (Å²) in [4.78, 5) is 2.05. The van der Waals surface area contributed by atoms with Crippen LogP contribution in [0.2, 0.25) is 5.02 Å². The predicted molar refractivity (Wildman–Crippen MR) is 107 cm³/mol. The molecule has 0 radical (unpaired) electrons. The fraction of sp³-hybridized carbons (Fsp3) is 0.600. The predicted octanol–water partition coefficient (Wildman–Crippen LogP) is 4.11. The van der Waals surface area contributed by atoms with Gasteiger partial charge in [-0.05, 0) is 58.7 Å². The van der Waals surface area contributed by atoms with Crippen LogP contribution >= 0.6 is 11.6 Å². The molecule has 0 spiro atoms. The van der Waals surface area contributed by atoms with Crippen LogP contribution in [0.1, 0.15) is 46.1 Å². The smallest absolute Gasteiger partial charge is 0.398 e. The van der Waals surface area contributed by atoms with Gasteiger partial charge in [0.1, 0.15) is 5.73 Å². The molecule has 148 valence electrons. The van der Waals surface area contributed by atoms with Crippen molar-refractivity contribution in [1.29, 1.82) is 0 Å². The molecule has 3 rings (SSSR count). The molecule has 2 saturated heterocycles. The molecule has 27 heavy (non-hydrogen) atoms. The van der Waals surface area contributed by atoms with E-state index in [2.05, 4.69) is 4.90 Å². The number of β-amino-alcohol motifs (C(OH)–C–C–N with tert-alkyl or cyclic N) is 1. The van der Waals surface area contributed by atoms with Crippen molar-refractivity contribution < 1.29 is 18.8 Å². The number of aliphatic hydroxyl groups is 1. The highest BCUT2D eigenvalue weighted by atomic mass is 35.5. The second kappa shape index (κ2) is 7.84. The Hall–Kier alpha value is -0.915. The molecule has 2 heterocycles. The van der Waals surface area contributed by atoms with Gasteiger partial charge in [-0.2, -0.15) is 0 Å². The van der Waals surface area contributed by atoms with Crippen LogP contribution in [0, 0.1) is 0 Å². The number of halogens is 2. The van der Waals surface area contributed by atoms with E-state index in [1.165, 1.54) is 0 Å². The van der Waals surface area contributed by atoms with Gasteiger partial charge in [0.2, 0.25) is 0 Å². The Labute approximate surface area is 166 Å². The molecule has 1 aromatic rings. The molecule has 0 aromatic heterocycles. The minimum atomic E-state index is -1.07. The van der Waals surface area contributed by atoms with E-state index in [1.807, 2.05) is 45.9 Å². The number of piperidine rings is 1. The van der Waals surface area contributed by atoms with Crippen LogP contribution in [0.4, 0.5) is 4.39 Å². The van der Waals surface area contributed by atoms with Crippen LogP contribution in [0.15, 0.2) is 30.0 Å². The molecule has 1 atom stereocenters. The highest BCUT2D eigenvalue weighted by molar-refractivity contribution is 6.55. The zero-order valence-electron chi connectivity index (χ0n) is 16.5. The summed E-state index contributed by atoms with van der Waals surface area (Å²) in [7, 11) is -1.07. The van der Waals surface area contributed by atoms with E-state index >= 15 is 4.39 Å². The average molecular weight is 396 g/mol. The Bertz CT molecular complexity index is 709. The normalized spacial score (nSPS) is 26.2. The van der Waals surface area contributed by atoms with Crippen molar-refractivity contribution in [3.63, 3.8) is 0 Å². The van der Waals surface area contributed by atoms with E-state index in [-0.39, 0.29) is 6.10 Å². The third-order valence-electron chi connectivity index (χ3n) is 5.81. The van der Waals surface area contributed by atoms with Crippen molar-refractivity contribution >= 4 is 24.3 Å². The number of likely N-dealkylation sites (tertiary alicyclic amines) is 1. The lowest BCUT2D eigenvalue weighted by Gasteiger charge is -2.32. The third-order valence-corrected chi connectivity index (χ3v) is 6.14. The summed E-state index contributed by atoms with van der Waals surface area (Å²) in [6, 6.07) is 7.22. The minimum Gasteiger partial charge on any atom is -0.398 e. The van der Waals surface area contributed by atoms with Gasteiger partial charge in [-0.3, -0.25) is 4.90 Å². The highest BCUT2D eigenvalue weighted by Gasteiger charge is 2.53. The SMILES string of the molecule is CC1(C)OB(C(F)=C(CN2CCCC(O)C2)c2ccccc2Cl)OC1(C)C. The molecule has 2 aliphatic rings. The first-order valence-corrected chi connectivity index (χ1v) is 9.88. The van der Waals surface area contributed by atoms with Gasteiger partial charge in [-0.25, -0.2) is 4.39 Å². The maximum absolute atomic E-state index is 15.7. The summed E-state index contributed by atoms with van der Waals surface area (Å²) < 4.78 is 27.5. The quantitative estimate of drug-likeness (QED) is 0.779. The molecular weight excluding hydrogens is 367 g/mol. The molecule has 0 bridgehead atoms. The minimum absolute atomic E-state index is 0.344. The first-order valence-electron chi connectivity index (χ1n) is 9.50. The highest BCUT2D eigenvalue weighted by Crippen LogP contribution is 2.41. The maximum atomic E-state index is 15.7. The van der Waals surface area contributed by atoms with Crippen LogP contribution in [0.3, 0.4) is 0 Å².